The fourth-order valence-corrected chi connectivity index (χ4v) is 2.74. The van der Waals surface area contributed by atoms with Crippen LogP contribution in [0.15, 0.2) is 58.7 Å². The van der Waals surface area contributed by atoms with Crippen LogP contribution in [0.3, 0.4) is 0 Å². The number of allylic oxidation sites excluding steroid dienone is 7. The number of ether oxygens (including phenoxy) is 1. The summed E-state index contributed by atoms with van der Waals surface area (Å²) < 4.78 is 57.2. The number of aldehydes is 1. The van der Waals surface area contributed by atoms with Gasteiger partial charge in [0.15, 0.2) is 0 Å². The number of hydrogen-bond donors (Lipinski definition) is 0. The smallest absolute Gasteiger partial charge is 0.416 e. The molecule has 2 atom stereocenters. The Bertz CT molecular complexity index is 798. The molecule has 2 unspecified atom stereocenters. The van der Waals surface area contributed by atoms with Gasteiger partial charge in [0.05, 0.1) is 5.57 Å². The van der Waals surface area contributed by atoms with Crippen LogP contribution in [0.5, 0.6) is 0 Å². The number of alkyl halides is 3. The van der Waals surface area contributed by atoms with E-state index in [0.717, 1.165) is 12.2 Å². The van der Waals surface area contributed by atoms with Crippen LogP contribution in [0, 0.1) is 23.7 Å². The molecule has 0 spiro atoms. The van der Waals surface area contributed by atoms with E-state index in [0.29, 0.717) is 17.6 Å². The van der Waals surface area contributed by atoms with Gasteiger partial charge in [0.1, 0.15) is 24.5 Å². The Kier molecular flexibility index (Phi) is 4.67. The molecule has 0 N–H and O–H groups in total. The van der Waals surface area contributed by atoms with Gasteiger partial charge in [-0.2, -0.15) is 13.2 Å². The summed E-state index contributed by atoms with van der Waals surface area (Å²) in [4.78, 5) is 10.8. The fraction of sp³-hybridized carbons (Fsp3) is 0.316. The highest BCUT2D eigenvalue weighted by atomic mass is 19.4. The third-order valence-electron chi connectivity index (χ3n) is 4.07. The van der Waals surface area contributed by atoms with Crippen LogP contribution in [-0.2, 0) is 9.53 Å². The normalized spacial score (nSPS) is 25.7. The summed E-state index contributed by atoms with van der Waals surface area (Å²) in [7, 11) is 0. The van der Waals surface area contributed by atoms with E-state index >= 15 is 0 Å². The Labute approximate surface area is 142 Å². The number of carbonyl (C=O) groups is 1. The first-order valence-electron chi connectivity index (χ1n) is 7.73. The van der Waals surface area contributed by atoms with Gasteiger partial charge < -0.3 is 4.74 Å². The van der Waals surface area contributed by atoms with Crippen molar-refractivity contribution in [1.82, 2.24) is 0 Å². The number of hydrogen-bond acceptors (Lipinski definition) is 2. The van der Waals surface area contributed by atoms with E-state index in [1.165, 1.54) is 12.2 Å². The predicted molar refractivity (Wildman–Crippen MR) is 83.6 cm³/mol. The fourth-order valence-electron chi connectivity index (χ4n) is 2.74. The minimum Gasteiger partial charge on any atom is -0.488 e. The molecule has 2 nitrogen and oxygen atoms in total. The molecule has 3 rings (SSSR count). The largest absolute Gasteiger partial charge is 0.488 e. The Morgan fingerprint density at radius 3 is 2.64 bits per heavy atom. The maximum Gasteiger partial charge on any atom is 0.416 e. The highest BCUT2D eigenvalue weighted by Crippen LogP contribution is 2.34. The zero-order valence-electron chi connectivity index (χ0n) is 13.1. The average molecular weight is 350 g/mol. The van der Waals surface area contributed by atoms with E-state index in [1.807, 2.05) is 0 Å². The summed E-state index contributed by atoms with van der Waals surface area (Å²) in [5.41, 5.74) is -0.0366. The lowest BCUT2D eigenvalue weighted by atomic mass is 9.91. The van der Waals surface area contributed by atoms with Crippen LogP contribution in [-0.4, -0.2) is 19.1 Å². The second-order valence-corrected chi connectivity index (χ2v) is 5.93. The second kappa shape index (κ2) is 6.75. The predicted octanol–water partition coefficient (Wildman–Crippen LogP) is 4.34. The summed E-state index contributed by atoms with van der Waals surface area (Å²) in [5, 5.41) is 0. The molecule has 0 saturated heterocycles. The standard InChI is InChI=1S/C19H14F4O2/c20-17-8-13(9-18-16(17)7-14(10-24)11-25-18)2-1-12-3-5-15(6-4-12)19(21,22)23/h3,5-7,9-10,12-13H,4,8,11H2. The van der Waals surface area contributed by atoms with Gasteiger partial charge in [-0.25, -0.2) is 4.39 Å². The molecule has 0 saturated carbocycles. The minimum atomic E-state index is -4.35. The van der Waals surface area contributed by atoms with Gasteiger partial charge in [-0.15, -0.1) is 0 Å². The molecule has 25 heavy (non-hydrogen) atoms. The van der Waals surface area contributed by atoms with Crippen LogP contribution < -0.4 is 0 Å². The van der Waals surface area contributed by atoms with Crippen LogP contribution in [0.2, 0.25) is 0 Å². The summed E-state index contributed by atoms with van der Waals surface area (Å²) in [6.45, 7) is 0.0860. The lowest BCUT2D eigenvalue weighted by Gasteiger charge is -2.23. The highest BCUT2D eigenvalue weighted by molar-refractivity contribution is 5.76. The molecule has 0 amide bonds. The maximum atomic E-state index is 14.2. The van der Waals surface area contributed by atoms with Gasteiger partial charge in [0.25, 0.3) is 0 Å². The highest BCUT2D eigenvalue weighted by Gasteiger charge is 2.32. The lowest BCUT2D eigenvalue weighted by Crippen LogP contribution is -2.15. The molecule has 6 heteroatoms. The Morgan fingerprint density at radius 2 is 2.00 bits per heavy atom. The van der Waals surface area contributed by atoms with Gasteiger partial charge in [-0.1, -0.05) is 30.1 Å². The summed E-state index contributed by atoms with van der Waals surface area (Å²) in [6.07, 6.45) is 3.22. The number of halogens is 4. The third kappa shape index (κ3) is 3.93. The van der Waals surface area contributed by atoms with E-state index in [2.05, 4.69) is 11.8 Å². The van der Waals surface area contributed by atoms with Gasteiger partial charge in [0.2, 0.25) is 0 Å². The molecule has 0 bridgehead atoms. The van der Waals surface area contributed by atoms with Crippen LogP contribution in [0.25, 0.3) is 0 Å². The molecular weight excluding hydrogens is 336 g/mol. The Hall–Kier alpha value is -2.55. The van der Waals surface area contributed by atoms with Gasteiger partial charge in [-0.05, 0) is 18.6 Å². The zero-order chi connectivity index (χ0) is 18.0. The van der Waals surface area contributed by atoms with Crippen molar-refractivity contribution in [3.63, 3.8) is 0 Å². The van der Waals surface area contributed by atoms with Gasteiger partial charge in [0, 0.05) is 29.4 Å². The zero-order valence-corrected chi connectivity index (χ0v) is 13.1. The van der Waals surface area contributed by atoms with Crippen molar-refractivity contribution in [3.8, 4) is 11.8 Å². The molecule has 3 aliphatic rings. The van der Waals surface area contributed by atoms with Gasteiger partial charge >= 0.3 is 6.18 Å². The monoisotopic (exact) mass is 350 g/mol. The first-order valence-corrected chi connectivity index (χ1v) is 7.73. The molecule has 2 aliphatic carbocycles. The molecule has 1 aliphatic heterocycles. The Balaban J connectivity index is 1.69. The van der Waals surface area contributed by atoms with E-state index in [-0.39, 0.29) is 30.9 Å². The molecule has 0 radical (unpaired) electrons. The van der Waals surface area contributed by atoms with Crippen molar-refractivity contribution in [1.29, 1.82) is 0 Å². The first-order chi connectivity index (χ1) is 11.9. The maximum absolute atomic E-state index is 14.2. The number of fused-ring (bicyclic) bond motifs is 1. The summed E-state index contributed by atoms with van der Waals surface area (Å²) in [6, 6.07) is 0. The molecule has 1 heterocycles. The summed E-state index contributed by atoms with van der Waals surface area (Å²) in [5.74, 6) is 5.00. The average Bonchev–Trinajstić information content (AvgIpc) is 2.59. The van der Waals surface area contributed by atoms with E-state index in [4.69, 9.17) is 4.74 Å². The van der Waals surface area contributed by atoms with Crippen molar-refractivity contribution in [2.24, 2.45) is 11.8 Å². The van der Waals surface area contributed by atoms with Crippen LogP contribution >= 0.6 is 0 Å². The van der Waals surface area contributed by atoms with Crippen molar-refractivity contribution in [2.45, 2.75) is 19.0 Å². The number of rotatable bonds is 1. The summed E-state index contributed by atoms with van der Waals surface area (Å²) >= 11 is 0. The topological polar surface area (TPSA) is 26.3 Å². The van der Waals surface area contributed by atoms with E-state index in [1.54, 1.807) is 6.08 Å². The Morgan fingerprint density at radius 1 is 1.24 bits per heavy atom. The number of carbonyl (C=O) groups excluding carboxylic acids is 1. The molecule has 0 aromatic carbocycles. The molecule has 0 aromatic rings. The molecule has 0 aromatic heterocycles. The van der Waals surface area contributed by atoms with E-state index in [9.17, 15) is 22.4 Å². The van der Waals surface area contributed by atoms with Crippen LogP contribution in [0.4, 0.5) is 17.6 Å². The van der Waals surface area contributed by atoms with Crippen molar-refractivity contribution in [3.05, 3.63) is 58.7 Å². The quantitative estimate of drug-likeness (QED) is 0.400. The van der Waals surface area contributed by atoms with Crippen molar-refractivity contribution >= 4 is 6.29 Å². The molecule has 0 fully saturated rings. The minimum absolute atomic E-state index is 0.0535. The first kappa shape index (κ1) is 17.3. The second-order valence-electron chi connectivity index (χ2n) is 5.93. The van der Waals surface area contributed by atoms with E-state index < -0.39 is 23.5 Å². The van der Waals surface area contributed by atoms with Gasteiger partial charge in [-0.3, -0.25) is 4.79 Å². The van der Waals surface area contributed by atoms with Crippen LogP contribution in [0.1, 0.15) is 12.8 Å². The molecule has 130 valence electrons. The molecular formula is C19H14F4O2. The van der Waals surface area contributed by atoms with Crippen molar-refractivity contribution < 1.29 is 27.1 Å². The third-order valence-corrected chi connectivity index (χ3v) is 4.07. The lowest BCUT2D eigenvalue weighted by molar-refractivity contribution is -0.105. The SMILES string of the molecule is O=CC1=CC2=C(F)CC(C#CC3C=CC(C(F)(F)F)=CC3)C=C2OC1. The van der Waals surface area contributed by atoms with Crippen molar-refractivity contribution in [2.75, 3.05) is 6.61 Å².